The molecule has 0 amide bonds. The molecule has 0 radical (unpaired) electrons. The normalized spacial score (nSPS) is 11.2. The molecule has 13 heavy (non-hydrogen) atoms. The van der Waals surface area contributed by atoms with Gasteiger partial charge in [0.25, 0.3) is 6.43 Å². The molecule has 1 heterocycles. The first-order chi connectivity index (χ1) is 6.09. The van der Waals surface area contributed by atoms with Crippen LogP contribution in [-0.4, -0.2) is 22.8 Å². The molecule has 0 saturated heterocycles. The number of rotatable bonds is 4. The number of aryl methyl sites for hydroxylation is 2. The van der Waals surface area contributed by atoms with Crippen LogP contribution in [-0.2, 0) is 18.4 Å². The van der Waals surface area contributed by atoms with Crippen LogP contribution in [0.4, 0.5) is 8.78 Å². The minimum atomic E-state index is -2.41. The van der Waals surface area contributed by atoms with Crippen molar-refractivity contribution in [3.8, 4) is 0 Å². The second-order valence-electron chi connectivity index (χ2n) is 2.81. The van der Waals surface area contributed by atoms with Crippen LogP contribution in [0.5, 0.6) is 0 Å². The Labute approximate surface area is 75.3 Å². The summed E-state index contributed by atoms with van der Waals surface area (Å²) in [6.45, 7) is 1.51. The number of ether oxygens (including phenoxy) is 1. The van der Waals surface area contributed by atoms with Gasteiger partial charge in [0, 0.05) is 12.7 Å². The average molecular weight is 190 g/mol. The molecule has 0 N–H and O–H groups in total. The molecular weight excluding hydrogens is 178 g/mol. The van der Waals surface area contributed by atoms with Gasteiger partial charge in [0.15, 0.2) is 0 Å². The Kier molecular flexibility index (Phi) is 3.36. The lowest BCUT2D eigenvalue weighted by atomic mass is 10.4. The maximum atomic E-state index is 11.7. The highest BCUT2D eigenvalue weighted by atomic mass is 19.3. The molecule has 0 aliphatic carbocycles. The quantitative estimate of drug-likeness (QED) is 0.719. The van der Waals surface area contributed by atoms with Crippen LogP contribution >= 0.6 is 0 Å². The van der Waals surface area contributed by atoms with Crippen molar-refractivity contribution in [1.82, 2.24) is 9.78 Å². The standard InChI is InChI=1S/C8H12F2N2O/c1-6-3-7(11-12(6)2)4-13-5-8(9)10/h3,8H,4-5H2,1-2H3. The van der Waals surface area contributed by atoms with Gasteiger partial charge in [-0.2, -0.15) is 5.10 Å². The highest BCUT2D eigenvalue weighted by molar-refractivity contribution is 5.07. The first kappa shape index (κ1) is 10.1. The third kappa shape index (κ3) is 3.10. The van der Waals surface area contributed by atoms with Crippen molar-refractivity contribution in [2.24, 2.45) is 7.05 Å². The van der Waals surface area contributed by atoms with Crippen molar-refractivity contribution in [3.05, 3.63) is 17.5 Å². The minimum Gasteiger partial charge on any atom is -0.369 e. The fourth-order valence-corrected chi connectivity index (χ4v) is 0.958. The molecule has 0 bridgehead atoms. The number of hydrogen-bond acceptors (Lipinski definition) is 2. The molecule has 0 spiro atoms. The lowest BCUT2D eigenvalue weighted by molar-refractivity contribution is 0.00871. The second kappa shape index (κ2) is 4.32. The third-order valence-corrected chi connectivity index (χ3v) is 1.66. The summed E-state index contributed by atoms with van der Waals surface area (Å²) in [6, 6.07) is 1.81. The van der Waals surface area contributed by atoms with Crippen LogP contribution in [0.2, 0.25) is 0 Å². The van der Waals surface area contributed by atoms with Gasteiger partial charge in [-0.1, -0.05) is 0 Å². The Balaban J connectivity index is 2.37. The molecule has 0 unspecified atom stereocenters. The van der Waals surface area contributed by atoms with Crippen molar-refractivity contribution in [3.63, 3.8) is 0 Å². The summed E-state index contributed by atoms with van der Waals surface area (Å²) in [5.41, 5.74) is 1.66. The zero-order valence-corrected chi connectivity index (χ0v) is 7.63. The second-order valence-corrected chi connectivity index (χ2v) is 2.81. The molecular formula is C8H12F2N2O. The fourth-order valence-electron chi connectivity index (χ4n) is 0.958. The summed E-state index contributed by atoms with van der Waals surface area (Å²) >= 11 is 0. The minimum absolute atomic E-state index is 0.145. The molecule has 0 aromatic carbocycles. The predicted octanol–water partition coefficient (Wildman–Crippen LogP) is 1.51. The maximum absolute atomic E-state index is 11.7. The van der Waals surface area contributed by atoms with Crippen molar-refractivity contribution < 1.29 is 13.5 Å². The van der Waals surface area contributed by atoms with Crippen LogP contribution in [0.25, 0.3) is 0 Å². The topological polar surface area (TPSA) is 27.1 Å². The van der Waals surface area contributed by atoms with E-state index in [4.69, 9.17) is 4.74 Å². The molecule has 0 aliphatic heterocycles. The van der Waals surface area contributed by atoms with Gasteiger partial charge < -0.3 is 4.74 Å². The fraction of sp³-hybridized carbons (Fsp3) is 0.625. The number of hydrogen-bond donors (Lipinski definition) is 0. The van der Waals surface area contributed by atoms with Gasteiger partial charge in [-0.25, -0.2) is 8.78 Å². The van der Waals surface area contributed by atoms with Gasteiger partial charge in [0.2, 0.25) is 0 Å². The van der Waals surface area contributed by atoms with Crippen molar-refractivity contribution in [2.45, 2.75) is 20.0 Å². The molecule has 74 valence electrons. The van der Waals surface area contributed by atoms with Gasteiger partial charge in [-0.15, -0.1) is 0 Å². The highest BCUT2D eigenvalue weighted by Crippen LogP contribution is 2.03. The van der Waals surface area contributed by atoms with Crippen molar-refractivity contribution >= 4 is 0 Å². The Hall–Kier alpha value is -0.970. The number of alkyl halides is 2. The van der Waals surface area contributed by atoms with Crippen LogP contribution in [0.15, 0.2) is 6.07 Å². The molecule has 5 heteroatoms. The van der Waals surface area contributed by atoms with E-state index in [1.165, 1.54) is 0 Å². The van der Waals surface area contributed by atoms with Crippen molar-refractivity contribution in [2.75, 3.05) is 6.61 Å². The van der Waals surface area contributed by atoms with E-state index < -0.39 is 13.0 Å². The van der Waals surface area contributed by atoms with Crippen LogP contribution in [0.3, 0.4) is 0 Å². The van der Waals surface area contributed by atoms with E-state index >= 15 is 0 Å². The predicted molar refractivity (Wildman–Crippen MR) is 43.6 cm³/mol. The van der Waals surface area contributed by atoms with Gasteiger partial charge in [-0.05, 0) is 13.0 Å². The lowest BCUT2D eigenvalue weighted by Gasteiger charge is -1.99. The smallest absolute Gasteiger partial charge is 0.261 e. The van der Waals surface area contributed by atoms with E-state index in [-0.39, 0.29) is 6.61 Å². The van der Waals surface area contributed by atoms with E-state index in [1.807, 2.05) is 13.0 Å². The van der Waals surface area contributed by atoms with E-state index in [1.54, 1.807) is 11.7 Å². The zero-order chi connectivity index (χ0) is 9.84. The largest absolute Gasteiger partial charge is 0.369 e. The molecule has 0 atom stereocenters. The first-order valence-electron chi connectivity index (χ1n) is 3.95. The lowest BCUT2D eigenvalue weighted by Crippen LogP contribution is -2.04. The molecule has 3 nitrogen and oxygen atoms in total. The van der Waals surface area contributed by atoms with Gasteiger partial charge in [0.05, 0.1) is 12.3 Å². The van der Waals surface area contributed by atoms with Gasteiger partial charge >= 0.3 is 0 Å². The van der Waals surface area contributed by atoms with Crippen LogP contribution in [0, 0.1) is 6.92 Å². The van der Waals surface area contributed by atoms with E-state index in [2.05, 4.69) is 5.10 Å². The summed E-state index contributed by atoms with van der Waals surface area (Å²) in [5, 5.41) is 4.05. The van der Waals surface area contributed by atoms with E-state index in [0.717, 1.165) is 5.69 Å². The zero-order valence-electron chi connectivity index (χ0n) is 7.63. The number of aromatic nitrogens is 2. The summed E-state index contributed by atoms with van der Waals surface area (Å²) in [7, 11) is 1.80. The molecule has 0 fully saturated rings. The Morgan fingerprint density at radius 2 is 2.31 bits per heavy atom. The number of nitrogens with zero attached hydrogens (tertiary/aromatic N) is 2. The average Bonchev–Trinajstić information content (AvgIpc) is 2.30. The monoisotopic (exact) mass is 190 g/mol. The van der Waals surface area contributed by atoms with Gasteiger partial charge in [-0.3, -0.25) is 4.68 Å². The summed E-state index contributed by atoms with van der Waals surface area (Å²) in [4.78, 5) is 0. The molecule has 0 saturated carbocycles. The van der Waals surface area contributed by atoms with Crippen molar-refractivity contribution in [1.29, 1.82) is 0 Å². The van der Waals surface area contributed by atoms with E-state index in [9.17, 15) is 8.78 Å². The van der Waals surface area contributed by atoms with Crippen LogP contribution < -0.4 is 0 Å². The summed E-state index contributed by atoms with van der Waals surface area (Å²) in [5.74, 6) is 0. The van der Waals surface area contributed by atoms with Gasteiger partial charge in [0.1, 0.15) is 6.61 Å². The third-order valence-electron chi connectivity index (χ3n) is 1.66. The highest BCUT2D eigenvalue weighted by Gasteiger charge is 2.04. The summed E-state index contributed by atoms with van der Waals surface area (Å²) < 4.78 is 29.7. The van der Waals surface area contributed by atoms with Crippen LogP contribution in [0.1, 0.15) is 11.4 Å². The molecule has 1 rings (SSSR count). The maximum Gasteiger partial charge on any atom is 0.261 e. The molecule has 1 aromatic rings. The Morgan fingerprint density at radius 3 is 2.77 bits per heavy atom. The first-order valence-corrected chi connectivity index (χ1v) is 3.95. The molecule has 0 aliphatic rings. The number of halogens is 2. The Bertz CT molecular complexity index is 254. The Morgan fingerprint density at radius 1 is 1.62 bits per heavy atom. The SMILES string of the molecule is Cc1cc(COCC(F)F)nn1C. The summed E-state index contributed by atoms with van der Waals surface area (Å²) in [6.07, 6.45) is -2.41. The van der Waals surface area contributed by atoms with E-state index in [0.29, 0.717) is 5.69 Å². The molecule has 1 aromatic heterocycles.